The molecule has 32 heavy (non-hydrogen) atoms. The lowest BCUT2D eigenvalue weighted by molar-refractivity contribution is -0.113. The van der Waals surface area contributed by atoms with E-state index in [1.54, 1.807) is 31.3 Å². The van der Waals surface area contributed by atoms with Crippen molar-refractivity contribution in [3.63, 3.8) is 0 Å². The summed E-state index contributed by atoms with van der Waals surface area (Å²) in [6.45, 7) is 1.97. The largest absolute Gasteiger partial charge is 0.345 e. The molecule has 0 aliphatic heterocycles. The van der Waals surface area contributed by atoms with Gasteiger partial charge in [0, 0.05) is 18.3 Å². The summed E-state index contributed by atoms with van der Waals surface area (Å²) in [5, 5.41) is 19.8. The molecule has 8 nitrogen and oxygen atoms in total. The number of anilines is 1. The molecule has 2 N–H and O–H groups in total. The van der Waals surface area contributed by atoms with Crippen LogP contribution in [0.25, 0.3) is 10.8 Å². The van der Waals surface area contributed by atoms with Crippen molar-refractivity contribution in [3.8, 4) is 0 Å². The van der Waals surface area contributed by atoms with E-state index < -0.39 is 0 Å². The number of fused-ring (bicyclic) bond motifs is 1. The molecule has 162 valence electrons. The fraction of sp³-hybridized carbons (Fsp3) is 0.174. The van der Waals surface area contributed by atoms with Crippen molar-refractivity contribution < 1.29 is 9.59 Å². The van der Waals surface area contributed by atoms with Crippen LogP contribution in [0.1, 0.15) is 28.9 Å². The Balaban J connectivity index is 1.35. The van der Waals surface area contributed by atoms with Gasteiger partial charge in [0.1, 0.15) is 0 Å². The molecule has 1 atom stereocenters. The highest BCUT2D eigenvalue weighted by Crippen LogP contribution is 2.24. The first-order valence-electron chi connectivity index (χ1n) is 10.0. The monoisotopic (exact) mass is 446 g/mol. The van der Waals surface area contributed by atoms with E-state index >= 15 is 0 Å². The molecule has 0 saturated heterocycles. The number of hydrogen-bond acceptors (Lipinski definition) is 6. The molecule has 0 unspecified atom stereocenters. The third-order valence-corrected chi connectivity index (χ3v) is 5.99. The van der Waals surface area contributed by atoms with Crippen molar-refractivity contribution in [1.82, 2.24) is 25.5 Å². The number of aryl methyl sites for hydroxylation is 1. The predicted molar refractivity (Wildman–Crippen MR) is 124 cm³/mol. The third-order valence-electron chi connectivity index (χ3n) is 4.98. The lowest BCUT2D eigenvalue weighted by atomic mass is 9.99. The maximum atomic E-state index is 12.7. The summed E-state index contributed by atoms with van der Waals surface area (Å²) >= 11 is 1.25. The molecule has 0 fully saturated rings. The average molecular weight is 447 g/mol. The van der Waals surface area contributed by atoms with E-state index in [1.807, 2.05) is 31.2 Å². The van der Waals surface area contributed by atoms with Crippen LogP contribution in [0.4, 0.5) is 5.69 Å². The number of rotatable bonds is 7. The minimum atomic E-state index is -0.181. The van der Waals surface area contributed by atoms with Crippen LogP contribution in [0, 0.1) is 0 Å². The average Bonchev–Trinajstić information content (AvgIpc) is 3.22. The van der Waals surface area contributed by atoms with Crippen molar-refractivity contribution in [2.75, 3.05) is 11.1 Å². The lowest BCUT2D eigenvalue weighted by Gasteiger charge is -2.17. The number of benzene rings is 3. The minimum absolute atomic E-state index is 0.153. The second kappa shape index (κ2) is 9.61. The van der Waals surface area contributed by atoms with Crippen molar-refractivity contribution in [3.05, 3.63) is 77.9 Å². The summed E-state index contributed by atoms with van der Waals surface area (Å²) in [6.07, 6.45) is 0. The zero-order valence-electron chi connectivity index (χ0n) is 17.6. The number of nitrogens with zero attached hydrogens (tertiary/aromatic N) is 4. The van der Waals surface area contributed by atoms with E-state index in [4.69, 9.17) is 0 Å². The maximum Gasteiger partial charge on any atom is 0.251 e. The van der Waals surface area contributed by atoms with Crippen molar-refractivity contribution in [2.45, 2.75) is 18.1 Å². The van der Waals surface area contributed by atoms with Crippen molar-refractivity contribution in [1.29, 1.82) is 0 Å². The van der Waals surface area contributed by atoms with Gasteiger partial charge in [-0.05, 0) is 58.0 Å². The first-order chi connectivity index (χ1) is 15.5. The van der Waals surface area contributed by atoms with E-state index in [0.29, 0.717) is 16.4 Å². The SMILES string of the molecule is C[C@@H](NC(=O)c1ccc(NC(=O)CSc2nnnn2C)cc1)c1cccc2ccccc12. The smallest absolute Gasteiger partial charge is 0.251 e. The molecule has 0 aliphatic rings. The van der Waals surface area contributed by atoms with Gasteiger partial charge in [0.15, 0.2) is 0 Å². The van der Waals surface area contributed by atoms with Crippen LogP contribution in [0.5, 0.6) is 0 Å². The van der Waals surface area contributed by atoms with E-state index in [0.717, 1.165) is 16.3 Å². The molecule has 0 saturated carbocycles. The molecule has 3 aromatic carbocycles. The lowest BCUT2D eigenvalue weighted by Crippen LogP contribution is -2.26. The molecule has 0 aliphatic carbocycles. The number of hydrogen-bond donors (Lipinski definition) is 2. The van der Waals surface area contributed by atoms with Crippen molar-refractivity contribution in [2.24, 2.45) is 7.05 Å². The first kappa shape index (κ1) is 21.5. The Morgan fingerprint density at radius 2 is 1.78 bits per heavy atom. The van der Waals surface area contributed by atoms with Gasteiger partial charge in [0.2, 0.25) is 11.1 Å². The highest BCUT2D eigenvalue weighted by Gasteiger charge is 2.14. The molecular formula is C23H22N6O2S. The second-order valence-corrected chi connectivity index (χ2v) is 8.21. The summed E-state index contributed by atoms with van der Waals surface area (Å²) in [5.74, 6) is -0.174. The second-order valence-electron chi connectivity index (χ2n) is 7.26. The van der Waals surface area contributed by atoms with Crippen LogP contribution in [0.2, 0.25) is 0 Å². The molecule has 0 radical (unpaired) electrons. The summed E-state index contributed by atoms with van der Waals surface area (Å²) in [4.78, 5) is 24.9. The molecule has 0 spiro atoms. The Morgan fingerprint density at radius 3 is 2.53 bits per heavy atom. The Bertz CT molecular complexity index is 1250. The molecule has 4 rings (SSSR count). The van der Waals surface area contributed by atoms with E-state index in [-0.39, 0.29) is 23.6 Å². The zero-order chi connectivity index (χ0) is 22.5. The van der Waals surface area contributed by atoms with Gasteiger partial charge in [-0.3, -0.25) is 9.59 Å². The fourth-order valence-electron chi connectivity index (χ4n) is 3.36. The van der Waals surface area contributed by atoms with Gasteiger partial charge < -0.3 is 10.6 Å². The molecule has 1 aromatic heterocycles. The summed E-state index contributed by atoms with van der Waals surface area (Å²) in [5.41, 5.74) is 2.20. The predicted octanol–water partition coefficient (Wildman–Crippen LogP) is 3.59. The van der Waals surface area contributed by atoms with Gasteiger partial charge in [-0.1, -0.05) is 54.2 Å². The maximum absolute atomic E-state index is 12.7. The number of aromatic nitrogens is 4. The molecule has 4 aromatic rings. The van der Waals surface area contributed by atoms with Gasteiger partial charge in [-0.2, -0.15) is 0 Å². The Morgan fingerprint density at radius 1 is 1.03 bits per heavy atom. The van der Waals surface area contributed by atoms with Gasteiger partial charge >= 0.3 is 0 Å². The summed E-state index contributed by atoms with van der Waals surface area (Å²) in [6, 6.07) is 20.9. The minimum Gasteiger partial charge on any atom is -0.345 e. The Kier molecular flexibility index (Phi) is 6.46. The van der Waals surface area contributed by atoms with E-state index in [2.05, 4.69) is 44.4 Å². The van der Waals surface area contributed by atoms with Crippen molar-refractivity contribution >= 4 is 40.0 Å². The van der Waals surface area contributed by atoms with E-state index in [1.165, 1.54) is 16.4 Å². The van der Waals surface area contributed by atoms with Gasteiger partial charge in [0.05, 0.1) is 11.8 Å². The van der Waals surface area contributed by atoms with Gasteiger partial charge in [-0.15, -0.1) is 5.10 Å². The quantitative estimate of drug-likeness (QED) is 0.421. The van der Waals surface area contributed by atoms with Crippen LogP contribution >= 0.6 is 11.8 Å². The van der Waals surface area contributed by atoms with Crippen LogP contribution in [-0.4, -0.2) is 37.8 Å². The molecular weight excluding hydrogens is 424 g/mol. The summed E-state index contributed by atoms with van der Waals surface area (Å²) in [7, 11) is 1.71. The van der Waals surface area contributed by atoms with Crippen LogP contribution in [-0.2, 0) is 11.8 Å². The molecule has 1 heterocycles. The normalized spacial score (nSPS) is 11.8. The molecule has 0 bridgehead atoms. The van der Waals surface area contributed by atoms with Gasteiger partial charge in [0.25, 0.3) is 5.91 Å². The standard InChI is InChI=1S/C23H22N6O2S/c1-15(19-9-5-7-16-6-3-4-8-20(16)19)24-22(31)17-10-12-18(13-11-17)25-21(30)14-32-23-26-27-28-29(23)2/h3-13,15H,14H2,1-2H3,(H,24,31)(H,25,30)/t15-/m1/s1. The number of thioether (sulfide) groups is 1. The Hall–Kier alpha value is -3.72. The third kappa shape index (κ3) is 4.94. The zero-order valence-corrected chi connectivity index (χ0v) is 18.5. The number of carbonyl (C=O) groups is 2. The number of carbonyl (C=O) groups excluding carboxylic acids is 2. The fourth-order valence-corrected chi connectivity index (χ4v) is 4.01. The topological polar surface area (TPSA) is 102 Å². The van der Waals surface area contributed by atoms with Crippen LogP contribution in [0.3, 0.4) is 0 Å². The first-order valence-corrected chi connectivity index (χ1v) is 11.0. The summed E-state index contributed by atoms with van der Waals surface area (Å²) < 4.78 is 1.50. The van der Waals surface area contributed by atoms with Gasteiger partial charge in [-0.25, -0.2) is 4.68 Å². The van der Waals surface area contributed by atoms with E-state index in [9.17, 15) is 9.59 Å². The van der Waals surface area contributed by atoms with Crippen LogP contribution in [0.15, 0.2) is 71.9 Å². The van der Waals surface area contributed by atoms with Crippen LogP contribution < -0.4 is 10.6 Å². The number of nitrogens with one attached hydrogen (secondary N) is 2. The number of amides is 2. The molecule has 2 amide bonds. The molecule has 9 heteroatoms. The highest BCUT2D eigenvalue weighted by atomic mass is 32.2. The highest BCUT2D eigenvalue weighted by molar-refractivity contribution is 7.99. The number of tetrazole rings is 1. The Labute approximate surface area is 189 Å².